The molecule has 4 atom stereocenters. The highest BCUT2D eigenvalue weighted by molar-refractivity contribution is 7.51. The molecular formula is C13H19ClN5O6P. The van der Waals surface area contributed by atoms with Crippen LogP contribution in [0.4, 0.5) is 5.82 Å². The minimum absolute atomic E-state index is 0.0840. The van der Waals surface area contributed by atoms with Gasteiger partial charge in [-0.25, -0.2) is 4.98 Å². The van der Waals surface area contributed by atoms with Gasteiger partial charge in [0.1, 0.15) is 17.7 Å². The molecule has 6 N–H and O–H groups in total. The highest BCUT2D eigenvalue weighted by Crippen LogP contribution is 2.37. The van der Waals surface area contributed by atoms with Gasteiger partial charge in [0.25, 0.3) is 0 Å². The Bertz CT molecular complexity index is 844. The number of unbranched alkanes of at least 4 members (excludes halogenated alkanes) is 1. The van der Waals surface area contributed by atoms with Crippen molar-refractivity contribution in [1.82, 2.24) is 19.5 Å². The number of hydrogen-bond acceptors (Lipinski definition) is 8. The van der Waals surface area contributed by atoms with Gasteiger partial charge in [-0.05, 0) is 24.4 Å². The summed E-state index contributed by atoms with van der Waals surface area (Å²) in [5, 5.41) is 20.5. The van der Waals surface area contributed by atoms with E-state index >= 15 is 0 Å². The normalized spacial score (nSPS) is 26.7. The second kappa shape index (κ2) is 7.35. The van der Waals surface area contributed by atoms with E-state index in [0.717, 1.165) is 0 Å². The van der Waals surface area contributed by atoms with Gasteiger partial charge in [0.05, 0.1) is 12.4 Å². The zero-order valence-electron chi connectivity index (χ0n) is 13.5. The molecular weight excluding hydrogens is 389 g/mol. The first-order chi connectivity index (χ1) is 12.2. The Balaban J connectivity index is 1.73. The molecule has 2 aromatic rings. The Morgan fingerprint density at radius 3 is 2.69 bits per heavy atom. The number of anilines is 1. The lowest BCUT2D eigenvalue weighted by molar-refractivity contribution is -0.0373. The number of aliphatic hydroxyl groups is 2. The number of ether oxygens (including phenoxy) is 1. The van der Waals surface area contributed by atoms with Crippen molar-refractivity contribution in [2.24, 2.45) is 0 Å². The summed E-state index contributed by atoms with van der Waals surface area (Å²) in [6.45, 7) is 0. The quantitative estimate of drug-likeness (QED) is 0.249. The Morgan fingerprint density at radius 2 is 2.00 bits per heavy atom. The molecule has 1 fully saturated rings. The van der Waals surface area contributed by atoms with Crippen molar-refractivity contribution in [3.8, 4) is 0 Å². The summed E-state index contributed by atoms with van der Waals surface area (Å²) in [5.74, 6) is 0.0840. The molecule has 1 aliphatic rings. The fourth-order valence-corrected chi connectivity index (χ4v) is 3.76. The highest BCUT2D eigenvalue weighted by atomic mass is 35.5. The van der Waals surface area contributed by atoms with Gasteiger partial charge in [0.2, 0.25) is 5.28 Å². The summed E-state index contributed by atoms with van der Waals surface area (Å²) < 4.78 is 18.0. The van der Waals surface area contributed by atoms with Crippen LogP contribution in [0.5, 0.6) is 0 Å². The summed E-state index contributed by atoms with van der Waals surface area (Å²) in [6.07, 6.45) is -1.88. The maximum Gasteiger partial charge on any atom is 0.325 e. The number of hydrogen-bond donors (Lipinski definition) is 5. The molecule has 0 amide bonds. The SMILES string of the molecule is Nc1nc(Cl)nc2c1ncn2C1OC(CCCCP(=O)(O)O)C(O)C1O. The third-order valence-electron chi connectivity index (χ3n) is 4.22. The van der Waals surface area contributed by atoms with Crippen molar-refractivity contribution < 1.29 is 29.3 Å². The predicted octanol–water partition coefficient (Wildman–Crippen LogP) is 0.0291. The highest BCUT2D eigenvalue weighted by Gasteiger charge is 2.44. The Morgan fingerprint density at radius 1 is 1.27 bits per heavy atom. The van der Waals surface area contributed by atoms with Gasteiger partial charge < -0.3 is 30.5 Å². The minimum atomic E-state index is -4.05. The van der Waals surface area contributed by atoms with Gasteiger partial charge >= 0.3 is 7.60 Å². The first kappa shape index (κ1) is 19.4. The molecule has 0 aliphatic carbocycles. The summed E-state index contributed by atoms with van der Waals surface area (Å²) in [7, 11) is -4.05. The van der Waals surface area contributed by atoms with Crippen molar-refractivity contribution in [2.75, 3.05) is 11.9 Å². The van der Waals surface area contributed by atoms with Gasteiger partial charge in [0, 0.05) is 6.16 Å². The zero-order valence-corrected chi connectivity index (χ0v) is 15.2. The van der Waals surface area contributed by atoms with Crippen LogP contribution in [-0.2, 0) is 9.30 Å². The minimum Gasteiger partial charge on any atom is -0.388 e. The van der Waals surface area contributed by atoms with Gasteiger partial charge in [-0.1, -0.05) is 6.42 Å². The molecule has 0 saturated carbocycles. The summed E-state index contributed by atoms with van der Waals surface area (Å²) in [5.41, 5.74) is 6.31. The largest absolute Gasteiger partial charge is 0.388 e. The van der Waals surface area contributed by atoms with E-state index < -0.39 is 32.1 Å². The molecule has 4 unspecified atom stereocenters. The van der Waals surface area contributed by atoms with Crippen molar-refractivity contribution in [3.63, 3.8) is 0 Å². The standard InChI is InChI=1S/C13H19ClN5O6P/c14-13-17-10(15)7-11(18-13)19(5-16-7)12-9(21)8(20)6(25-12)3-1-2-4-26(22,23)24/h5-6,8-9,12,20-21H,1-4H2,(H2,15,17,18)(H2,22,23,24). The van der Waals surface area contributed by atoms with Crippen LogP contribution in [0.1, 0.15) is 25.5 Å². The van der Waals surface area contributed by atoms with Gasteiger partial charge in [-0.2, -0.15) is 9.97 Å². The van der Waals surface area contributed by atoms with E-state index in [-0.39, 0.29) is 29.3 Å². The second-order valence-corrected chi connectivity index (χ2v) is 8.25. The molecule has 3 heterocycles. The molecule has 0 radical (unpaired) electrons. The Hall–Kier alpha value is -1.33. The first-order valence-corrected chi connectivity index (χ1v) is 10.1. The predicted molar refractivity (Wildman–Crippen MR) is 91.4 cm³/mol. The van der Waals surface area contributed by atoms with E-state index in [1.807, 2.05) is 0 Å². The lowest BCUT2D eigenvalue weighted by atomic mass is 10.1. The van der Waals surface area contributed by atoms with Crippen molar-refractivity contribution >= 4 is 36.2 Å². The zero-order chi connectivity index (χ0) is 19.1. The number of aromatic nitrogens is 4. The van der Waals surface area contributed by atoms with Crippen LogP contribution in [-0.4, -0.2) is 64.0 Å². The molecule has 26 heavy (non-hydrogen) atoms. The molecule has 1 saturated heterocycles. The molecule has 11 nitrogen and oxygen atoms in total. The summed E-state index contributed by atoms with van der Waals surface area (Å²) in [6, 6.07) is 0. The van der Waals surface area contributed by atoms with Gasteiger partial charge in [-0.3, -0.25) is 9.13 Å². The molecule has 144 valence electrons. The number of aliphatic hydroxyl groups excluding tert-OH is 2. The molecule has 3 rings (SSSR count). The van der Waals surface area contributed by atoms with Crippen molar-refractivity contribution in [1.29, 1.82) is 0 Å². The average molecular weight is 408 g/mol. The van der Waals surface area contributed by atoms with Crippen LogP contribution in [0.25, 0.3) is 11.2 Å². The lowest BCUT2D eigenvalue weighted by Crippen LogP contribution is -2.31. The molecule has 13 heteroatoms. The maximum atomic E-state index is 10.9. The number of nitrogen functional groups attached to an aromatic ring is 1. The maximum absolute atomic E-state index is 10.9. The second-order valence-electron chi connectivity index (χ2n) is 6.13. The number of imidazole rings is 1. The monoisotopic (exact) mass is 407 g/mol. The van der Waals surface area contributed by atoms with Crippen molar-refractivity contribution in [3.05, 3.63) is 11.6 Å². The van der Waals surface area contributed by atoms with E-state index in [1.165, 1.54) is 10.9 Å². The Kier molecular flexibility index (Phi) is 5.50. The lowest BCUT2D eigenvalue weighted by Gasteiger charge is -2.16. The van der Waals surface area contributed by atoms with Gasteiger partial charge in [0.15, 0.2) is 17.7 Å². The third-order valence-corrected chi connectivity index (χ3v) is 5.29. The van der Waals surface area contributed by atoms with Gasteiger partial charge in [-0.15, -0.1) is 0 Å². The number of halogens is 1. The van der Waals surface area contributed by atoms with E-state index in [2.05, 4.69) is 15.0 Å². The molecule has 0 spiro atoms. The Labute approximate surface area is 153 Å². The fraction of sp³-hybridized carbons (Fsp3) is 0.615. The van der Waals surface area contributed by atoms with E-state index in [0.29, 0.717) is 18.4 Å². The molecule has 2 aromatic heterocycles. The average Bonchev–Trinajstić information content (AvgIpc) is 3.06. The number of rotatable bonds is 6. The van der Waals surface area contributed by atoms with Crippen LogP contribution in [0, 0.1) is 0 Å². The van der Waals surface area contributed by atoms with Crippen molar-refractivity contribution in [2.45, 2.75) is 43.8 Å². The summed E-state index contributed by atoms with van der Waals surface area (Å²) in [4.78, 5) is 29.7. The van der Waals surface area contributed by atoms with Crippen LogP contribution >= 0.6 is 19.2 Å². The number of fused-ring (bicyclic) bond motifs is 1. The fourth-order valence-electron chi connectivity index (χ4n) is 2.96. The van der Waals surface area contributed by atoms with E-state index in [9.17, 15) is 14.8 Å². The smallest absolute Gasteiger partial charge is 0.325 e. The number of nitrogens with zero attached hydrogens (tertiary/aromatic N) is 4. The summed E-state index contributed by atoms with van der Waals surface area (Å²) >= 11 is 5.81. The van der Waals surface area contributed by atoms with Crippen LogP contribution in [0.15, 0.2) is 6.33 Å². The van der Waals surface area contributed by atoms with E-state index in [1.54, 1.807) is 0 Å². The van der Waals surface area contributed by atoms with Crippen LogP contribution in [0.3, 0.4) is 0 Å². The van der Waals surface area contributed by atoms with E-state index in [4.69, 9.17) is 31.9 Å². The molecule has 0 aromatic carbocycles. The third kappa shape index (κ3) is 3.99. The molecule has 1 aliphatic heterocycles. The van der Waals surface area contributed by atoms with Crippen LogP contribution in [0.2, 0.25) is 5.28 Å². The molecule has 0 bridgehead atoms. The first-order valence-electron chi connectivity index (χ1n) is 7.89. The number of nitrogens with two attached hydrogens (primary N) is 1. The van der Waals surface area contributed by atoms with Crippen LogP contribution < -0.4 is 5.73 Å². The topological polar surface area (TPSA) is 177 Å².